The highest BCUT2D eigenvalue weighted by Gasteiger charge is 2.54. The SMILES string of the molecule is C[C@]12CN(C(=O)OCc3ccccc3)CCC[C@H]1O2. The van der Waals surface area contributed by atoms with E-state index >= 15 is 0 Å². The third-order valence-corrected chi connectivity index (χ3v) is 3.90. The van der Waals surface area contributed by atoms with E-state index in [1.54, 1.807) is 4.90 Å². The summed E-state index contributed by atoms with van der Waals surface area (Å²) in [6.07, 6.45) is 2.13. The van der Waals surface area contributed by atoms with Crippen molar-refractivity contribution < 1.29 is 14.3 Å². The Morgan fingerprint density at radius 2 is 2.26 bits per heavy atom. The molecule has 0 N–H and O–H groups in total. The summed E-state index contributed by atoms with van der Waals surface area (Å²) in [5, 5.41) is 0. The maximum Gasteiger partial charge on any atom is 0.410 e. The standard InChI is InChI=1S/C15H19NO3/c1-15-11-16(9-5-8-13(15)19-15)14(17)18-10-12-6-3-2-4-7-12/h2-4,6-7,13H,5,8-11H2,1H3/t13-,15+/m1/s1. The Kier molecular flexibility index (Phi) is 3.19. The first kappa shape index (κ1) is 12.5. The number of carbonyl (C=O) groups excluding carboxylic acids is 1. The van der Waals surface area contributed by atoms with Gasteiger partial charge in [0.1, 0.15) is 12.2 Å². The lowest BCUT2D eigenvalue weighted by Gasteiger charge is -2.22. The number of hydrogen-bond acceptors (Lipinski definition) is 3. The fourth-order valence-corrected chi connectivity index (χ4v) is 2.69. The minimum atomic E-state index is -0.235. The fraction of sp³-hybridized carbons (Fsp3) is 0.533. The van der Waals surface area contributed by atoms with E-state index in [0.29, 0.717) is 19.3 Å². The Morgan fingerprint density at radius 1 is 1.47 bits per heavy atom. The topological polar surface area (TPSA) is 42.1 Å². The molecule has 1 aromatic carbocycles. The van der Waals surface area contributed by atoms with Gasteiger partial charge in [-0.2, -0.15) is 0 Å². The molecule has 0 aliphatic carbocycles. The van der Waals surface area contributed by atoms with Gasteiger partial charge < -0.3 is 14.4 Å². The van der Waals surface area contributed by atoms with Crippen LogP contribution in [0.5, 0.6) is 0 Å². The highest BCUT2D eigenvalue weighted by molar-refractivity contribution is 5.68. The number of fused-ring (bicyclic) bond motifs is 1. The zero-order valence-electron chi connectivity index (χ0n) is 11.2. The molecular formula is C15H19NO3. The molecule has 2 heterocycles. The van der Waals surface area contributed by atoms with Crippen molar-refractivity contribution in [3.63, 3.8) is 0 Å². The monoisotopic (exact) mass is 261 g/mol. The van der Waals surface area contributed by atoms with Crippen molar-refractivity contribution in [1.29, 1.82) is 0 Å². The van der Waals surface area contributed by atoms with Crippen molar-refractivity contribution in [2.75, 3.05) is 13.1 Å². The summed E-state index contributed by atoms with van der Waals surface area (Å²) in [6.45, 7) is 3.81. The lowest BCUT2D eigenvalue weighted by atomic mass is 10.1. The molecule has 2 atom stereocenters. The van der Waals surface area contributed by atoms with Crippen LogP contribution in [0.3, 0.4) is 0 Å². The normalized spacial score (nSPS) is 29.3. The van der Waals surface area contributed by atoms with E-state index in [0.717, 1.165) is 24.9 Å². The number of rotatable bonds is 2. The van der Waals surface area contributed by atoms with E-state index in [4.69, 9.17) is 9.47 Å². The van der Waals surface area contributed by atoms with Gasteiger partial charge in [0.05, 0.1) is 12.6 Å². The van der Waals surface area contributed by atoms with E-state index in [-0.39, 0.29) is 11.7 Å². The van der Waals surface area contributed by atoms with Crippen LogP contribution in [0.2, 0.25) is 0 Å². The van der Waals surface area contributed by atoms with E-state index in [9.17, 15) is 4.79 Å². The maximum atomic E-state index is 12.1. The van der Waals surface area contributed by atoms with Crippen molar-refractivity contribution in [3.05, 3.63) is 35.9 Å². The number of epoxide rings is 1. The van der Waals surface area contributed by atoms with Crippen LogP contribution >= 0.6 is 0 Å². The Labute approximate surface area is 113 Å². The Hall–Kier alpha value is -1.55. The van der Waals surface area contributed by atoms with E-state index in [2.05, 4.69) is 6.92 Å². The molecule has 19 heavy (non-hydrogen) atoms. The number of nitrogens with zero attached hydrogens (tertiary/aromatic N) is 1. The fourth-order valence-electron chi connectivity index (χ4n) is 2.69. The summed E-state index contributed by atoms with van der Waals surface area (Å²) >= 11 is 0. The van der Waals surface area contributed by atoms with Crippen LogP contribution in [0.4, 0.5) is 4.79 Å². The highest BCUT2D eigenvalue weighted by Crippen LogP contribution is 2.41. The molecule has 102 valence electrons. The molecule has 2 aliphatic heterocycles. The Morgan fingerprint density at radius 3 is 3.05 bits per heavy atom. The van der Waals surface area contributed by atoms with Crippen LogP contribution in [0, 0.1) is 0 Å². The van der Waals surface area contributed by atoms with Gasteiger partial charge in [0.25, 0.3) is 0 Å². The predicted octanol–water partition coefficient (Wildman–Crippen LogP) is 2.58. The molecule has 0 unspecified atom stereocenters. The number of likely N-dealkylation sites (tertiary alicyclic amines) is 1. The summed E-state index contributed by atoms with van der Waals surface area (Å²) in [5.74, 6) is 0. The first-order chi connectivity index (χ1) is 9.17. The van der Waals surface area contributed by atoms with Crippen molar-refractivity contribution in [2.24, 2.45) is 0 Å². The number of amides is 1. The number of ether oxygens (including phenoxy) is 2. The molecular weight excluding hydrogens is 242 g/mol. The molecule has 2 aliphatic rings. The molecule has 0 aromatic heterocycles. The molecule has 4 nitrogen and oxygen atoms in total. The molecule has 1 amide bonds. The maximum absolute atomic E-state index is 12.1. The molecule has 0 bridgehead atoms. The van der Waals surface area contributed by atoms with E-state index < -0.39 is 0 Å². The third-order valence-electron chi connectivity index (χ3n) is 3.90. The molecule has 0 saturated carbocycles. The van der Waals surface area contributed by atoms with Gasteiger partial charge in [-0.1, -0.05) is 30.3 Å². The van der Waals surface area contributed by atoms with Crippen molar-refractivity contribution in [3.8, 4) is 0 Å². The smallest absolute Gasteiger partial charge is 0.410 e. The molecule has 0 radical (unpaired) electrons. The van der Waals surface area contributed by atoms with Gasteiger partial charge in [-0.3, -0.25) is 0 Å². The summed E-state index contributed by atoms with van der Waals surface area (Å²) < 4.78 is 11.0. The molecule has 0 spiro atoms. The van der Waals surface area contributed by atoms with Crippen molar-refractivity contribution in [1.82, 2.24) is 4.90 Å². The highest BCUT2D eigenvalue weighted by atomic mass is 16.6. The second-order valence-corrected chi connectivity index (χ2v) is 5.52. The van der Waals surface area contributed by atoms with Crippen molar-refractivity contribution >= 4 is 6.09 Å². The minimum Gasteiger partial charge on any atom is -0.445 e. The largest absolute Gasteiger partial charge is 0.445 e. The van der Waals surface area contributed by atoms with Crippen LogP contribution in [0.1, 0.15) is 25.3 Å². The molecule has 2 fully saturated rings. The number of hydrogen-bond donors (Lipinski definition) is 0. The summed E-state index contributed by atoms with van der Waals surface area (Å²) in [5.41, 5.74) is 0.875. The van der Waals surface area contributed by atoms with Crippen molar-refractivity contribution in [2.45, 2.75) is 38.1 Å². The molecule has 1 aromatic rings. The summed E-state index contributed by atoms with van der Waals surface area (Å²) in [4.78, 5) is 13.9. The van der Waals surface area contributed by atoms with Crippen LogP contribution in [0.15, 0.2) is 30.3 Å². The predicted molar refractivity (Wildman–Crippen MR) is 70.7 cm³/mol. The van der Waals surface area contributed by atoms with Crippen LogP contribution in [0.25, 0.3) is 0 Å². The zero-order chi connectivity index (χ0) is 13.3. The number of carbonyl (C=O) groups is 1. The third kappa shape index (κ3) is 2.73. The number of benzene rings is 1. The Bertz CT molecular complexity index is 462. The quantitative estimate of drug-likeness (QED) is 0.768. The van der Waals surface area contributed by atoms with Gasteiger partial charge in [-0.25, -0.2) is 4.79 Å². The summed E-state index contributed by atoms with van der Waals surface area (Å²) in [6, 6.07) is 9.75. The van der Waals surface area contributed by atoms with E-state index in [1.165, 1.54) is 0 Å². The van der Waals surface area contributed by atoms with E-state index in [1.807, 2.05) is 30.3 Å². The van der Waals surface area contributed by atoms with Gasteiger partial charge in [-0.15, -0.1) is 0 Å². The average Bonchev–Trinajstić information content (AvgIpc) is 3.08. The second-order valence-electron chi connectivity index (χ2n) is 5.52. The Balaban J connectivity index is 1.55. The van der Waals surface area contributed by atoms with Crippen LogP contribution in [-0.2, 0) is 16.1 Å². The first-order valence-electron chi connectivity index (χ1n) is 6.81. The van der Waals surface area contributed by atoms with Gasteiger partial charge >= 0.3 is 6.09 Å². The van der Waals surface area contributed by atoms with Gasteiger partial charge in [0, 0.05) is 6.54 Å². The molecule has 4 heteroatoms. The first-order valence-corrected chi connectivity index (χ1v) is 6.81. The molecule has 3 rings (SSSR count). The average molecular weight is 261 g/mol. The second kappa shape index (κ2) is 4.85. The van der Waals surface area contributed by atoms with Crippen LogP contribution in [-0.4, -0.2) is 35.8 Å². The zero-order valence-corrected chi connectivity index (χ0v) is 11.2. The van der Waals surface area contributed by atoms with Gasteiger partial charge in [-0.05, 0) is 25.3 Å². The minimum absolute atomic E-state index is 0.137. The lowest BCUT2D eigenvalue weighted by molar-refractivity contribution is 0.0859. The molecule has 2 saturated heterocycles. The summed E-state index contributed by atoms with van der Waals surface area (Å²) in [7, 11) is 0. The van der Waals surface area contributed by atoms with Crippen LogP contribution < -0.4 is 0 Å². The van der Waals surface area contributed by atoms with Gasteiger partial charge in [0.2, 0.25) is 0 Å². The van der Waals surface area contributed by atoms with Gasteiger partial charge in [0.15, 0.2) is 0 Å². The lowest BCUT2D eigenvalue weighted by Crippen LogP contribution is -2.38.